The van der Waals surface area contributed by atoms with Gasteiger partial charge in [0.15, 0.2) is 0 Å². The molecule has 0 aliphatic carbocycles. The molecule has 0 aliphatic heterocycles. The van der Waals surface area contributed by atoms with Crippen molar-refractivity contribution in [2.24, 2.45) is 0 Å². The maximum Gasteiger partial charge on any atom is 0.138 e. The van der Waals surface area contributed by atoms with Crippen molar-refractivity contribution in [3.05, 3.63) is 29.3 Å². The summed E-state index contributed by atoms with van der Waals surface area (Å²) in [6, 6.07) is 7.38. The van der Waals surface area contributed by atoms with E-state index in [0.717, 1.165) is 6.42 Å². The summed E-state index contributed by atoms with van der Waals surface area (Å²) in [7, 11) is -0.773. The van der Waals surface area contributed by atoms with Gasteiger partial charge in [-0.15, -0.1) is 0 Å². The number of hydrogen-bond donors (Lipinski definition) is 2. The van der Waals surface area contributed by atoms with Gasteiger partial charge in [-0.3, -0.25) is 4.21 Å². The van der Waals surface area contributed by atoms with Crippen LogP contribution in [0.15, 0.2) is 24.3 Å². The van der Waals surface area contributed by atoms with Crippen LogP contribution in [0, 0.1) is 0 Å². The molecule has 0 aliphatic rings. The lowest BCUT2D eigenvalue weighted by Crippen LogP contribution is -2.37. The minimum Gasteiger partial charge on any atom is -0.489 e. The molecule has 0 spiro atoms. The summed E-state index contributed by atoms with van der Waals surface area (Å²) in [6.45, 7) is 2.62. The molecule has 2 N–H and O–H groups in total. The van der Waals surface area contributed by atoms with E-state index in [9.17, 15) is 9.32 Å². The third-order valence-electron chi connectivity index (χ3n) is 2.81. The molecule has 0 saturated heterocycles. The Morgan fingerprint density at radius 1 is 1.45 bits per heavy atom. The van der Waals surface area contributed by atoms with Gasteiger partial charge in [0.25, 0.3) is 0 Å². The molecular formula is C14H22ClNO3S. The van der Waals surface area contributed by atoms with E-state index >= 15 is 0 Å². The molecule has 1 aromatic carbocycles. The van der Waals surface area contributed by atoms with E-state index < -0.39 is 16.9 Å². The molecule has 20 heavy (non-hydrogen) atoms. The molecule has 0 fully saturated rings. The largest absolute Gasteiger partial charge is 0.489 e. The molecule has 1 aromatic rings. The van der Waals surface area contributed by atoms with E-state index in [1.54, 1.807) is 18.4 Å². The Morgan fingerprint density at radius 2 is 2.15 bits per heavy atom. The van der Waals surface area contributed by atoms with Gasteiger partial charge in [-0.25, -0.2) is 0 Å². The van der Waals surface area contributed by atoms with Crippen molar-refractivity contribution in [3.8, 4) is 5.75 Å². The van der Waals surface area contributed by atoms with Gasteiger partial charge >= 0.3 is 0 Å². The smallest absolute Gasteiger partial charge is 0.138 e. The molecule has 0 heterocycles. The average Bonchev–Trinajstić information content (AvgIpc) is 2.42. The zero-order valence-electron chi connectivity index (χ0n) is 11.8. The number of halogens is 1. The summed E-state index contributed by atoms with van der Waals surface area (Å²) in [5.74, 6) is 1.24. The van der Waals surface area contributed by atoms with Gasteiger partial charge in [-0.2, -0.15) is 0 Å². The van der Waals surface area contributed by atoms with E-state index in [1.807, 2.05) is 19.1 Å². The van der Waals surface area contributed by atoms with Crippen molar-refractivity contribution in [1.29, 1.82) is 0 Å². The predicted octanol–water partition coefficient (Wildman–Crippen LogP) is 1.83. The third-order valence-corrected chi connectivity index (χ3v) is 3.93. The lowest BCUT2D eigenvalue weighted by molar-refractivity contribution is 0.104. The fourth-order valence-electron chi connectivity index (χ4n) is 1.59. The highest BCUT2D eigenvalue weighted by Crippen LogP contribution is 2.22. The minimum atomic E-state index is -0.773. The Bertz CT molecular complexity index is 431. The van der Waals surface area contributed by atoms with E-state index in [-0.39, 0.29) is 12.6 Å². The normalized spacial score (nSPS) is 15.6. The van der Waals surface area contributed by atoms with Crippen molar-refractivity contribution >= 4 is 22.4 Å². The maximum atomic E-state index is 11.0. The highest BCUT2D eigenvalue weighted by molar-refractivity contribution is 7.84. The van der Waals surface area contributed by atoms with Gasteiger partial charge in [-0.1, -0.05) is 23.7 Å². The second kappa shape index (κ2) is 9.34. The number of nitrogens with one attached hydrogen (secondary N) is 1. The zero-order chi connectivity index (χ0) is 15.0. The van der Waals surface area contributed by atoms with Gasteiger partial charge in [0.2, 0.25) is 0 Å². The minimum absolute atomic E-state index is 0.184. The number of benzene rings is 1. The average molecular weight is 320 g/mol. The van der Waals surface area contributed by atoms with Gasteiger partial charge in [0, 0.05) is 35.4 Å². The number of aliphatic hydroxyl groups excluding tert-OH is 1. The van der Waals surface area contributed by atoms with Crippen LogP contribution in [0.1, 0.15) is 13.3 Å². The molecule has 0 saturated carbocycles. The molecule has 1 rings (SSSR count). The van der Waals surface area contributed by atoms with Crippen LogP contribution in [-0.4, -0.2) is 46.6 Å². The summed E-state index contributed by atoms with van der Waals surface area (Å²) < 4.78 is 16.4. The van der Waals surface area contributed by atoms with E-state index in [1.165, 1.54) is 0 Å². The Labute approximate surface area is 127 Å². The first-order valence-electron chi connectivity index (χ1n) is 6.58. The van der Waals surface area contributed by atoms with Crippen molar-refractivity contribution in [1.82, 2.24) is 5.32 Å². The van der Waals surface area contributed by atoms with Crippen molar-refractivity contribution in [2.45, 2.75) is 25.5 Å². The molecule has 0 amide bonds. The zero-order valence-corrected chi connectivity index (χ0v) is 13.4. The van der Waals surface area contributed by atoms with Gasteiger partial charge < -0.3 is 15.2 Å². The second-order valence-corrected chi connectivity index (χ2v) is 6.73. The Hall–Kier alpha value is -0.620. The molecule has 6 heteroatoms. The Balaban J connectivity index is 2.22. The topological polar surface area (TPSA) is 58.6 Å². The van der Waals surface area contributed by atoms with Gasteiger partial charge in [0.05, 0.1) is 5.02 Å². The molecule has 114 valence electrons. The van der Waals surface area contributed by atoms with Crippen LogP contribution in [0.3, 0.4) is 0 Å². The number of para-hydroxylation sites is 1. The number of rotatable bonds is 9. The second-order valence-electron chi connectivity index (χ2n) is 4.77. The van der Waals surface area contributed by atoms with Gasteiger partial charge in [-0.05, 0) is 25.5 Å². The van der Waals surface area contributed by atoms with Crippen LogP contribution in [-0.2, 0) is 10.8 Å². The van der Waals surface area contributed by atoms with Crippen LogP contribution >= 0.6 is 11.6 Å². The standard InChI is InChI=1S/C14H22ClNO3S/c1-11(7-8-20(2)18)16-9-12(17)10-19-14-6-4-3-5-13(14)15/h3-6,11-12,16-17H,7-10H2,1-2H3. The highest BCUT2D eigenvalue weighted by Gasteiger charge is 2.09. The summed E-state index contributed by atoms with van der Waals surface area (Å²) in [4.78, 5) is 0. The Kier molecular flexibility index (Phi) is 8.14. The first-order valence-corrected chi connectivity index (χ1v) is 8.68. The fourth-order valence-corrected chi connectivity index (χ4v) is 2.46. The monoisotopic (exact) mass is 319 g/mol. The molecule has 4 nitrogen and oxygen atoms in total. The summed E-state index contributed by atoms with van der Waals surface area (Å²) >= 11 is 5.95. The molecule has 0 bridgehead atoms. The quantitative estimate of drug-likeness (QED) is 0.729. The summed E-state index contributed by atoms with van der Waals surface area (Å²) in [5, 5.41) is 13.6. The molecule has 3 atom stereocenters. The fraction of sp³-hybridized carbons (Fsp3) is 0.571. The first-order chi connectivity index (χ1) is 9.49. The van der Waals surface area contributed by atoms with E-state index in [4.69, 9.17) is 16.3 Å². The van der Waals surface area contributed by atoms with Crippen LogP contribution in [0.2, 0.25) is 5.02 Å². The van der Waals surface area contributed by atoms with Crippen LogP contribution in [0.4, 0.5) is 0 Å². The number of hydrogen-bond acceptors (Lipinski definition) is 4. The van der Waals surface area contributed by atoms with Crippen molar-refractivity contribution in [3.63, 3.8) is 0 Å². The summed E-state index contributed by atoms with van der Waals surface area (Å²) in [5.41, 5.74) is 0. The van der Waals surface area contributed by atoms with Crippen LogP contribution in [0.25, 0.3) is 0 Å². The maximum absolute atomic E-state index is 11.0. The molecule has 3 unspecified atom stereocenters. The lowest BCUT2D eigenvalue weighted by Gasteiger charge is -2.17. The van der Waals surface area contributed by atoms with Crippen molar-refractivity contribution in [2.75, 3.05) is 25.2 Å². The van der Waals surface area contributed by atoms with Crippen LogP contribution < -0.4 is 10.1 Å². The molecular weight excluding hydrogens is 298 g/mol. The van der Waals surface area contributed by atoms with Crippen LogP contribution in [0.5, 0.6) is 5.75 Å². The molecule has 0 aromatic heterocycles. The predicted molar refractivity (Wildman–Crippen MR) is 84.0 cm³/mol. The molecule has 0 radical (unpaired) electrons. The lowest BCUT2D eigenvalue weighted by atomic mass is 10.2. The number of ether oxygens (including phenoxy) is 1. The first kappa shape index (κ1) is 17.4. The van der Waals surface area contributed by atoms with Gasteiger partial charge in [0.1, 0.15) is 18.5 Å². The SMILES string of the molecule is CC(CCS(C)=O)NCC(O)COc1ccccc1Cl. The number of aliphatic hydroxyl groups is 1. The third kappa shape index (κ3) is 7.24. The Morgan fingerprint density at radius 3 is 2.80 bits per heavy atom. The van der Waals surface area contributed by atoms with E-state index in [0.29, 0.717) is 23.1 Å². The van der Waals surface area contributed by atoms with E-state index in [2.05, 4.69) is 5.32 Å². The van der Waals surface area contributed by atoms with Crippen molar-refractivity contribution < 1.29 is 14.1 Å². The highest BCUT2D eigenvalue weighted by atomic mass is 35.5. The summed E-state index contributed by atoms with van der Waals surface area (Å²) in [6.07, 6.45) is 1.90.